The summed E-state index contributed by atoms with van der Waals surface area (Å²) >= 11 is 0. The minimum Gasteiger partial charge on any atom is -0.333 e. The van der Waals surface area contributed by atoms with Crippen molar-refractivity contribution in [1.29, 1.82) is 0 Å². The van der Waals surface area contributed by atoms with Gasteiger partial charge in [0.25, 0.3) is 0 Å². The number of hydrogen-bond donors (Lipinski definition) is 1. The molecule has 0 spiro atoms. The fraction of sp³-hybridized carbons (Fsp3) is 0.385. The summed E-state index contributed by atoms with van der Waals surface area (Å²) in [6.07, 6.45) is 0.787. The van der Waals surface area contributed by atoms with E-state index >= 15 is 0 Å². The third kappa shape index (κ3) is 3.85. The Labute approximate surface area is 106 Å². The van der Waals surface area contributed by atoms with Crippen LogP contribution in [-0.4, -0.2) is 29.8 Å². The third-order valence-corrected chi connectivity index (χ3v) is 2.95. The lowest BCUT2D eigenvalue weighted by Crippen LogP contribution is -2.33. The summed E-state index contributed by atoms with van der Waals surface area (Å²) in [5, 5.41) is 3.74. The topological polar surface area (TPSA) is 67.9 Å². The molecule has 18 heavy (non-hydrogen) atoms. The van der Waals surface area contributed by atoms with Gasteiger partial charge in [-0.2, -0.15) is 0 Å². The van der Waals surface area contributed by atoms with Crippen molar-refractivity contribution >= 4 is 11.8 Å². The van der Waals surface area contributed by atoms with Crippen molar-refractivity contribution in [3.8, 4) is 0 Å². The molecule has 1 heterocycles. The van der Waals surface area contributed by atoms with Gasteiger partial charge < -0.3 is 5.73 Å². The number of primary amides is 1. The maximum atomic E-state index is 10.4. The van der Waals surface area contributed by atoms with Crippen molar-refractivity contribution in [2.45, 2.75) is 19.4 Å². The highest BCUT2D eigenvalue weighted by Gasteiger charge is 2.15. The largest absolute Gasteiger partial charge is 0.430 e. The zero-order chi connectivity index (χ0) is 12.8. The summed E-state index contributed by atoms with van der Waals surface area (Å²) in [6, 6.07) is 10.4. The van der Waals surface area contributed by atoms with E-state index in [2.05, 4.69) is 27.0 Å². The Kier molecular flexibility index (Phi) is 4.30. The highest BCUT2D eigenvalue weighted by Crippen LogP contribution is 2.12. The van der Waals surface area contributed by atoms with E-state index in [0.717, 1.165) is 38.2 Å². The van der Waals surface area contributed by atoms with Gasteiger partial charge in [-0.1, -0.05) is 35.5 Å². The number of amides is 1. The molecule has 2 N–H and O–H groups in total. The molecule has 1 aliphatic rings. The fourth-order valence-corrected chi connectivity index (χ4v) is 2.01. The number of nitrogens with two attached hydrogens (primary N) is 1. The van der Waals surface area contributed by atoms with Crippen molar-refractivity contribution < 1.29 is 9.63 Å². The highest BCUT2D eigenvalue weighted by molar-refractivity contribution is 5.85. The molecule has 0 atom stereocenters. The van der Waals surface area contributed by atoms with E-state index in [1.165, 1.54) is 5.56 Å². The summed E-state index contributed by atoms with van der Waals surface area (Å²) in [5.41, 5.74) is 7.07. The van der Waals surface area contributed by atoms with Crippen molar-refractivity contribution in [1.82, 2.24) is 4.90 Å². The predicted octanol–water partition coefficient (Wildman–Crippen LogP) is 1.73. The summed E-state index contributed by atoms with van der Waals surface area (Å²) in [5.74, 6) is 0. The van der Waals surface area contributed by atoms with Crippen LogP contribution in [0.4, 0.5) is 4.79 Å². The fourth-order valence-electron chi connectivity index (χ4n) is 2.01. The minimum absolute atomic E-state index is 0.820. The molecule has 2 rings (SSSR count). The third-order valence-electron chi connectivity index (χ3n) is 2.95. The lowest BCUT2D eigenvalue weighted by Gasteiger charge is -2.27. The van der Waals surface area contributed by atoms with E-state index in [4.69, 9.17) is 5.73 Å². The van der Waals surface area contributed by atoms with Crippen LogP contribution in [0.3, 0.4) is 0 Å². The molecule has 0 aromatic heterocycles. The number of carbonyl (C=O) groups excluding carboxylic acids is 1. The van der Waals surface area contributed by atoms with Crippen LogP contribution in [-0.2, 0) is 11.4 Å². The number of hydrogen-bond acceptors (Lipinski definition) is 4. The molecular weight excluding hydrogens is 230 g/mol. The second-order valence-electron chi connectivity index (χ2n) is 4.33. The van der Waals surface area contributed by atoms with Crippen molar-refractivity contribution in [2.24, 2.45) is 10.9 Å². The first kappa shape index (κ1) is 12.6. The van der Waals surface area contributed by atoms with Crippen LogP contribution in [0.2, 0.25) is 0 Å². The van der Waals surface area contributed by atoms with Crippen LogP contribution in [0.15, 0.2) is 35.5 Å². The number of nitrogens with zero attached hydrogens (tertiary/aromatic N) is 2. The van der Waals surface area contributed by atoms with Gasteiger partial charge in [0.15, 0.2) is 0 Å². The van der Waals surface area contributed by atoms with E-state index in [9.17, 15) is 4.79 Å². The maximum absolute atomic E-state index is 10.4. The molecule has 96 valence electrons. The molecule has 5 heteroatoms. The molecule has 1 aromatic rings. The SMILES string of the molecule is NC(=O)ON=C1CCN(Cc2ccccc2)CC1. The molecule has 0 aliphatic carbocycles. The Balaban J connectivity index is 1.80. The molecule has 0 radical (unpaired) electrons. The first-order valence-corrected chi connectivity index (χ1v) is 6.02. The molecule has 5 nitrogen and oxygen atoms in total. The molecule has 1 aromatic carbocycles. The summed E-state index contributed by atoms with van der Waals surface area (Å²) in [6.45, 7) is 2.80. The first-order valence-electron chi connectivity index (χ1n) is 6.02. The van der Waals surface area contributed by atoms with Gasteiger partial charge in [0.05, 0.1) is 5.71 Å². The van der Waals surface area contributed by atoms with Crippen LogP contribution in [0.5, 0.6) is 0 Å². The number of piperidine rings is 1. The van der Waals surface area contributed by atoms with Gasteiger partial charge in [-0.3, -0.25) is 9.74 Å². The lowest BCUT2D eigenvalue weighted by atomic mass is 10.1. The molecular formula is C13H17N3O2. The molecule has 0 saturated carbocycles. The average Bonchev–Trinajstić information content (AvgIpc) is 2.39. The van der Waals surface area contributed by atoms with Crippen molar-refractivity contribution in [3.63, 3.8) is 0 Å². The van der Waals surface area contributed by atoms with Crippen molar-refractivity contribution in [3.05, 3.63) is 35.9 Å². The average molecular weight is 247 g/mol. The second-order valence-corrected chi connectivity index (χ2v) is 4.33. The first-order chi connectivity index (χ1) is 8.74. The summed E-state index contributed by atoms with van der Waals surface area (Å²) in [4.78, 5) is 17.2. The Hall–Kier alpha value is -1.88. The molecule has 1 fully saturated rings. The zero-order valence-corrected chi connectivity index (χ0v) is 10.2. The Morgan fingerprint density at radius 3 is 2.56 bits per heavy atom. The Morgan fingerprint density at radius 1 is 1.28 bits per heavy atom. The van der Waals surface area contributed by atoms with Gasteiger partial charge in [-0.15, -0.1) is 0 Å². The van der Waals surface area contributed by atoms with Crippen LogP contribution in [0.1, 0.15) is 18.4 Å². The number of rotatable bonds is 3. The normalized spacial score (nSPS) is 16.3. The van der Waals surface area contributed by atoms with E-state index < -0.39 is 6.09 Å². The molecule has 1 aliphatic heterocycles. The van der Waals surface area contributed by atoms with Crippen LogP contribution < -0.4 is 5.73 Å². The molecule has 0 bridgehead atoms. The number of benzene rings is 1. The zero-order valence-electron chi connectivity index (χ0n) is 10.2. The van der Waals surface area contributed by atoms with Crippen LogP contribution in [0, 0.1) is 0 Å². The lowest BCUT2D eigenvalue weighted by molar-refractivity contribution is 0.159. The second kappa shape index (κ2) is 6.16. The Morgan fingerprint density at radius 2 is 1.94 bits per heavy atom. The summed E-state index contributed by atoms with van der Waals surface area (Å²) in [7, 11) is 0. The van der Waals surface area contributed by atoms with E-state index in [1.807, 2.05) is 18.2 Å². The smallest absolute Gasteiger partial charge is 0.333 e. The highest BCUT2D eigenvalue weighted by atomic mass is 16.7. The van der Waals surface area contributed by atoms with E-state index in [1.54, 1.807) is 0 Å². The van der Waals surface area contributed by atoms with Gasteiger partial charge in [0.1, 0.15) is 0 Å². The van der Waals surface area contributed by atoms with Gasteiger partial charge in [0, 0.05) is 32.5 Å². The monoisotopic (exact) mass is 247 g/mol. The maximum Gasteiger partial charge on any atom is 0.430 e. The summed E-state index contributed by atoms with van der Waals surface area (Å²) < 4.78 is 0. The van der Waals surface area contributed by atoms with Gasteiger partial charge in [-0.25, -0.2) is 4.79 Å². The quantitative estimate of drug-likeness (QED) is 0.653. The van der Waals surface area contributed by atoms with Gasteiger partial charge in [-0.05, 0) is 5.56 Å². The number of carbonyl (C=O) groups is 1. The van der Waals surface area contributed by atoms with Gasteiger partial charge >= 0.3 is 6.09 Å². The van der Waals surface area contributed by atoms with Crippen LogP contribution in [0.25, 0.3) is 0 Å². The minimum atomic E-state index is -0.853. The molecule has 1 saturated heterocycles. The number of oxime groups is 1. The number of likely N-dealkylation sites (tertiary alicyclic amines) is 1. The van der Waals surface area contributed by atoms with E-state index in [0.29, 0.717) is 0 Å². The van der Waals surface area contributed by atoms with Crippen molar-refractivity contribution in [2.75, 3.05) is 13.1 Å². The van der Waals surface area contributed by atoms with Crippen LogP contribution >= 0.6 is 0 Å². The molecule has 1 amide bonds. The van der Waals surface area contributed by atoms with Gasteiger partial charge in [0.2, 0.25) is 0 Å². The Bertz CT molecular complexity index is 421. The predicted molar refractivity (Wildman–Crippen MR) is 69.1 cm³/mol. The standard InChI is InChI=1S/C13H17N3O2/c14-13(17)18-15-12-6-8-16(9-7-12)10-11-4-2-1-3-5-11/h1-5H,6-10H2,(H2,14,17). The van der Waals surface area contributed by atoms with E-state index in [-0.39, 0.29) is 0 Å². The molecule has 0 unspecified atom stereocenters.